The molecule has 0 unspecified atom stereocenters. The Morgan fingerprint density at radius 1 is 1.39 bits per heavy atom. The predicted octanol–water partition coefficient (Wildman–Crippen LogP) is 2.96. The molecule has 1 aliphatic rings. The van der Waals surface area contributed by atoms with Crippen LogP contribution in [0.2, 0.25) is 0 Å². The number of nitrogens with zero attached hydrogens (tertiary/aromatic N) is 1. The number of rotatable bonds is 4. The minimum atomic E-state index is 0.0267. The van der Waals surface area contributed by atoms with Gasteiger partial charge in [-0.2, -0.15) is 0 Å². The first-order valence-corrected chi connectivity index (χ1v) is 7.39. The summed E-state index contributed by atoms with van der Waals surface area (Å²) in [6, 6.07) is 4.16. The van der Waals surface area contributed by atoms with Crippen molar-refractivity contribution in [3.63, 3.8) is 0 Å². The van der Waals surface area contributed by atoms with E-state index >= 15 is 0 Å². The average Bonchev–Trinajstić information content (AvgIpc) is 2.68. The highest BCUT2D eigenvalue weighted by Gasteiger charge is 2.18. The van der Waals surface area contributed by atoms with E-state index in [1.165, 1.54) is 5.56 Å². The molecule has 98 valence electrons. The molecule has 4 nitrogen and oxygen atoms in total. The molecule has 1 saturated heterocycles. The number of hydrogen-bond donors (Lipinski definition) is 2. The average molecular weight is 377 g/mol. The van der Waals surface area contributed by atoms with Gasteiger partial charge in [0.25, 0.3) is 0 Å². The minimum absolute atomic E-state index is 0.0267. The molecule has 1 aromatic carbocycles. The van der Waals surface area contributed by atoms with Crippen LogP contribution in [-0.4, -0.2) is 37.1 Å². The SMILES string of the molecule is Cc1cc(Br)c(NCCN2CCNC2=O)c(Br)c1. The van der Waals surface area contributed by atoms with Crippen LogP contribution in [0.15, 0.2) is 21.1 Å². The van der Waals surface area contributed by atoms with Crippen LogP contribution < -0.4 is 10.6 Å². The molecule has 0 spiro atoms. The zero-order valence-electron chi connectivity index (χ0n) is 10.1. The van der Waals surface area contributed by atoms with Crippen LogP contribution in [0.3, 0.4) is 0 Å². The third kappa shape index (κ3) is 3.17. The van der Waals surface area contributed by atoms with Gasteiger partial charge in [-0.25, -0.2) is 4.79 Å². The minimum Gasteiger partial charge on any atom is -0.381 e. The van der Waals surface area contributed by atoms with Crippen molar-refractivity contribution in [2.24, 2.45) is 0 Å². The number of hydrogen-bond acceptors (Lipinski definition) is 2. The lowest BCUT2D eigenvalue weighted by Gasteiger charge is -2.16. The van der Waals surface area contributed by atoms with Gasteiger partial charge in [0.05, 0.1) is 5.69 Å². The molecule has 0 radical (unpaired) electrons. The lowest BCUT2D eigenvalue weighted by molar-refractivity contribution is 0.219. The van der Waals surface area contributed by atoms with E-state index in [1.54, 1.807) is 0 Å². The van der Waals surface area contributed by atoms with Crippen molar-refractivity contribution in [2.75, 3.05) is 31.5 Å². The molecule has 1 aromatic rings. The number of carbonyl (C=O) groups is 1. The number of nitrogens with one attached hydrogen (secondary N) is 2. The van der Waals surface area contributed by atoms with E-state index in [9.17, 15) is 4.79 Å². The fourth-order valence-corrected chi connectivity index (χ4v) is 3.60. The Morgan fingerprint density at radius 2 is 2.06 bits per heavy atom. The molecule has 2 rings (SSSR count). The number of aryl methyl sites for hydroxylation is 1. The molecule has 0 aliphatic carbocycles. The summed E-state index contributed by atoms with van der Waals surface area (Å²) in [5, 5.41) is 6.13. The maximum atomic E-state index is 11.4. The number of halogens is 2. The highest BCUT2D eigenvalue weighted by Crippen LogP contribution is 2.32. The zero-order valence-corrected chi connectivity index (χ0v) is 13.3. The maximum Gasteiger partial charge on any atom is 0.317 e. The molecular weight excluding hydrogens is 362 g/mol. The summed E-state index contributed by atoms with van der Waals surface area (Å²) in [5.41, 5.74) is 2.22. The lowest BCUT2D eigenvalue weighted by atomic mass is 10.2. The van der Waals surface area contributed by atoms with Crippen LogP contribution in [0.4, 0.5) is 10.5 Å². The maximum absolute atomic E-state index is 11.4. The summed E-state index contributed by atoms with van der Waals surface area (Å²) in [7, 11) is 0. The fraction of sp³-hybridized carbons (Fsp3) is 0.417. The first kappa shape index (κ1) is 13.7. The van der Waals surface area contributed by atoms with E-state index in [0.29, 0.717) is 6.54 Å². The van der Waals surface area contributed by atoms with Gasteiger partial charge in [0.2, 0.25) is 0 Å². The number of benzene rings is 1. The van der Waals surface area contributed by atoms with Gasteiger partial charge >= 0.3 is 6.03 Å². The first-order chi connectivity index (χ1) is 8.58. The second-order valence-corrected chi connectivity index (χ2v) is 5.96. The number of amides is 2. The Hall–Kier alpha value is -0.750. The van der Waals surface area contributed by atoms with Crippen molar-refractivity contribution < 1.29 is 4.79 Å². The van der Waals surface area contributed by atoms with Gasteiger partial charge in [0, 0.05) is 35.1 Å². The highest BCUT2D eigenvalue weighted by molar-refractivity contribution is 9.11. The molecule has 18 heavy (non-hydrogen) atoms. The van der Waals surface area contributed by atoms with Crippen LogP contribution in [0, 0.1) is 6.92 Å². The van der Waals surface area contributed by atoms with Crippen molar-refractivity contribution in [3.05, 3.63) is 26.6 Å². The zero-order chi connectivity index (χ0) is 13.1. The Labute approximate surface area is 123 Å². The lowest BCUT2D eigenvalue weighted by Crippen LogP contribution is -2.32. The van der Waals surface area contributed by atoms with E-state index in [4.69, 9.17) is 0 Å². The molecule has 6 heteroatoms. The molecule has 0 aromatic heterocycles. The highest BCUT2D eigenvalue weighted by atomic mass is 79.9. The van der Waals surface area contributed by atoms with E-state index in [-0.39, 0.29) is 6.03 Å². The summed E-state index contributed by atoms with van der Waals surface area (Å²) in [6.45, 7) is 5.02. The van der Waals surface area contributed by atoms with Crippen LogP contribution in [-0.2, 0) is 0 Å². The normalized spacial score (nSPS) is 14.8. The molecule has 2 N–H and O–H groups in total. The molecule has 0 bridgehead atoms. The van der Waals surface area contributed by atoms with Gasteiger partial charge in [0.1, 0.15) is 0 Å². The topological polar surface area (TPSA) is 44.4 Å². The van der Waals surface area contributed by atoms with Crippen molar-refractivity contribution in [1.29, 1.82) is 0 Å². The Balaban J connectivity index is 1.92. The van der Waals surface area contributed by atoms with Crippen molar-refractivity contribution >= 4 is 43.6 Å². The fourth-order valence-electron chi connectivity index (χ4n) is 1.91. The van der Waals surface area contributed by atoms with Crippen LogP contribution in [0.25, 0.3) is 0 Å². The third-order valence-corrected chi connectivity index (χ3v) is 4.07. The molecule has 1 fully saturated rings. The largest absolute Gasteiger partial charge is 0.381 e. The van der Waals surface area contributed by atoms with Crippen LogP contribution >= 0.6 is 31.9 Å². The Kier molecular flexibility index (Phi) is 4.50. The molecule has 0 saturated carbocycles. The number of carbonyl (C=O) groups excluding carboxylic acids is 1. The number of anilines is 1. The summed E-state index contributed by atoms with van der Waals surface area (Å²) in [4.78, 5) is 13.2. The van der Waals surface area contributed by atoms with E-state index in [2.05, 4.69) is 54.6 Å². The summed E-state index contributed by atoms with van der Waals surface area (Å²) >= 11 is 7.08. The standard InChI is InChI=1S/C12H15Br2N3O/c1-8-6-9(13)11(10(14)7-8)15-2-4-17-5-3-16-12(17)18/h6-7,15H,2-5H2,1H3,(H,16,18). The van der Waals surface area contributed by atoms with Gasteiger partial charge in [-0.3, -0.25) is 0 Å². The van der Waals surface area contributed by atoms with Gasteiger partial charge < -0.3 is 15.5 Å². The summed E-state index contributed by atoms with van der Waals surface area (Å²) in [6.07, 6.45) is 0. The Morgan fingerprint density at radius 3 is 2.61 bits per heavy atom. The first-order valence-electron chi connectivity index (χ1n) is 5.80. The summed E-state index contributed by atoms with van der Waals surface area (Å²) < 4.78 is 2.06. The monoisotopic (exact) mass is 375 g/mol. The van der Waals surface area contributed by atoms with Crippen LogP contribution in [0.1, 0.15) is 5.56 Å². The second kappa shape index (κ2) is 5.93. The Bertz CT molecular complexity index is 442. The van der Waals surface area contributed by atoms with E-state index < -0.39 is 0 Å². The quantitative estimate of drug-likeness (QED) is 0.848. The molecule has 0 atom stereocenters. The van der Waals surface area contributed by atoms with Gasteiger partial charge in [-0.15, -0.1) is 0 Å². The third-order valence-electron chi connectivity index (χ3n) is 2.82. The second-order valence-electron chi connectivity index (χ2n) is 4.25. The smallest absolute Gasteiger partial charge is 0.317 e. The van der Waals surface area contributed by atoms with E-state index in [0.717, 1.165) is 34.3 Å². The van der Waals surface area contributed by atoms with Gasteiger partial charge in [-0.1, -0.05) is 0 Å². The molecule has 1 aliphatic heterocycles. The van der Waals surface area contributed by atoms with Gasteiger partial charge in [0.15, 0.2) is 0 Å². The van der Waals surface area contributed by atoms with Gasteiger partial charge in [-0.05, 0) is 56.5 Å². The molecule has 1 heterocycles. The molecule has 2 amide bonds. The predicted molar refractivity (Wildman–Crippen MR) is 80.0 cm³/mol. The summed E-state index contributed by atoms with van der Waals surface area (Å²) in [5.74, 6) is 0. The van der Waals surface area contributed by atoms with Crippen molar-refractivity contribution in [3.8, 4) is 0 Å². The molecular formula is C12H15Br2N3O. The number of urea groups is 1. The van der Waals surface area contributed by atoms with E-state index in [1.807, 2.05) is 11.8 Å². The van der Waals surface area contributed by atoms with Crippen molar-refractivity contribution in [1.82, 2.24) is 10.2 Å². The van der Waals surface area contributed by atoms with Crippen molar-refractivity contribution in [2.45, 2.75) is 6.92 Å². The van der Waals surface area contributed by atoms with Crippen LogP contribution in [0.5, 0.6) is 0 Å².